The number of phenols is 1. The van der Waals surface area contributed by atoms with Crippen molar-refractivity contribution in [1.82, 2.24) is 0 Å². The maximum absolute atomic E-state index is 11.8. The maximum atomic E-state index is 11.8. The van der Waals surface area contributed by atoms with Crippen LogP contribution in [0.25, 0.3) is 0 Å². The van der Waals surface area contributed by atoms with Gasteiger partial charge in [0, 0.05) is 10.7 Å². The van der Waals surface area contributed by atoms with Gasteiger partial charge in [0.15, 0.2) is 0 Å². The highest BCUT2D eigenvalue weighted by atomic mass is 31.1. The Hall–Kier alpha value is -2.15. The van der Waals surface area contributed by atoms with E-state index in [1.165, 1.54) is 10.9 Å². The van der Waals surface area contributed by atoms with Gasteiger partial charge in [0.05, 0.1) is 0 Å². The molecule has 0 fully saturated rings. The molecule has 3 aromatic rings. The molecule has 3 unspecified atom stereocenters. The number of hydrogen-bond acceptors (Lipinski definition) is 2. The monoisotopic (exact) mass is 518 g/mol. The van der Waals surface area contributed by atoms with E-state index in [-0.39, 0.29) is 16.0 Å². The molecule has 3 aromatic carbocycles. The first-order chi connectivity index (χ1) is 17.2. The second-order valence-corrected chi connectivity index (χ2v) is 14.8. The van der Waals surface area contributed by atoms with Crippen LogP contribution in [0.1, 0.15) is 114 Å². The van der Waals surface area contributed by atoms with Crippen molar-refractivity contribution in [3.05, 3.63) is 94.0 Å². The summed E-state index contributed by atoms with van der Waals surface area (Å²) in [4.78, 5) is 0. The molecule has 3 rings (SSSR count). The zero-order valence-electron chi connectivity index (χ0n) is 24.4. The summed E-state index contributed by atoms with van der Waals surface area (Å²) < 4.78 is 0. The van der Waals surface area contributed by atoms with Crippen LogP contribution in [-0.2, 0) is 16.0 Å². The first-order valence-corrected chi connectivity index (χ1v) is 14.7. The molecule has 37 heavy (non-hydrogen) atoms. The Kier molecular flexibility index (Phi) is 8.98. The van der Waals surface area contributed by atoms with Gasteiger partial charge in [0.2, 0.25) is 0 Å². The highest BCUT2D eigenvalue weighted by molar-refractivity contribution is 7.48. The van der Waals surface area contributed by atoms with Crippen LogP contribution in [0.15, 0.2) is 60.7 Å². The van der Waals surface area contributed by atoms with Gasteiger partial charge in [-0.15, -0.1) is 0 Å². The normalized spacial score (nSPS) is 15.2. The van der Waals surface area contributed by atoms with E-state index in [1.54, 1.807) is 0 Å². The van der Waals surface area contributed by atoms with E-state index in [9.17, 15) is 10.2 Å². The second-order valence-electron chi connectivity index (χ2n) is 12.9. The lowest BCUT2D eigenvalue weighted by molar-refractivity contribution is 0.221. The number of rotatable bonds is 8. The number of hydrogen-bond donors (Lipinski definition) is 2. The first-order valence-electron chi connectivity index (χ1n) is 13.7. The van der Waals surface area contributed by atoms with Crippen LogP contribution in [0.4, 0.5) is 0 Å². The first kappa shape index (κ1) is 29.4. The van der Waals surface area contributed by atoms with E-state index in [0.29, 0.717) is 14.3 Å². The van der Waals surface area contributed by atoms with Crippen molar-refractivity contribution in [1.29, 1.82) is 0 Å². The number of benzene rings is 3. The van der Waals surface area contributed by atoms with E-state index in [2.05, 4.69) is 92.6 Å². The molecular formula is C34H47O2P. The van der Waals surface area contributed by atoms with Crippen LogP contribution in [0.2, 0.25) is 0 Å². The van der Waals surface area contributed by atoms with Gasteiger partial charge in [-0.2, -0.15) is 0 Å². The van der Waals surface area contributed by atoms with Gasteiger partial charge in [-0.25, -0.2) is 0 Å². The van der Waals surface area contributed by atoms with Crippen LogP contribution >= 0.6 is 8.58 Å². The minimum atomic E-state index is -0.682. The molecule has 0 aliphatic rings. The molecule has 200 valence electrons. The Morgan fingerprint density at radius 3 is 2.00 bits per heavy atom. The maximum Gasteiger partial charge on any atom is 0.123 e. The molecule has 0 saturated carbocycles. The number of phenolic OH excluding ortho intramolecular Hbond substituents is 1. The largest absolute Gasteiger partial charge is 0.507 e. The Bertz CT molecular complexity index is 1200. The van der Waals surface area contributed by atoms with Crippen molar-refractivity contribution in [2.75, 3.05) is 0 Å². The van der Waals surface area contributed by atoms with E-state index in [0.717, 1.165) is 47.1 Å². The number of aryl methyl sites for hydroxylation is 1. The van der Waals surface area contributed by atoms with Gasteiger partial charge >= 0.3 is 0 Å². The molecule has 0 radical (unpaired) electrons. The fourth-order valence-corrected chi connectivity index (χ4v) is 6.73. The molecular weight excluding hydrogens is 471 g/mol. The molecule has 0 saturated heterocycles. The number of aromatic hydroxyl groups is 1. The van der Waals surface area contributed by atoms with Crippen LogP contribution in [-0.4, -0.2) is 10.2 Å². The second kappa shape index (κ2) is 11.3. The summed E-state index contributed by atoms with van der Waals surface area (Å²) in [6, 6.07) is 20.9. The Labute approximate surface area is 227 Å². The average Bonchev–Trinajstić information content (AvgIpc) is 2.82. The predicted molar refractivity (Wildman–Crippen MR) is 162 cm³/mol. The lowest BCUT2D eigenvalue weighted by Crippen LogP contribution is -2.25. The van der Waals surface area contributed by atoms with Crippen LogP contribution in [0.5, 0.6) is 5.75 Å². The van der Waals surface area contributed by atoms with Crippen molar-refractivity contribution >= 4 is 13.9 Å². The number of aliphatic hydroxyl groups excluding tert-OH is 1. The van der Waals surface area contributed by atoms with Crippen LogP contribution in [0.3, 0.4) is 0 Å². The molecule has 3 atom stereocenters. The van der Waals surface area contributed by atoms with Gasteiger partial charge in [0.1, 0.15) is 11.9 Å². The minimum absolute atomic E-state index is 0.0320. The van der Waals surface area contributed by atoms with E-state index in [4.69, 9.17) is 0 Å². The highest BCUT2D eigenvalue weighted by Gasteiger charge is 2.35. The summed E-state index contributed by atoms with van der Waals surface area (Å²) in [6.07, 6.45) is 2.47. The standard InChI is InChI=1S/C34H47O2P/c1-10-11-19-34(9,28-22-25(32(3,4)5)21-27(31(28)36)33(6,7)8)37-29-18-17-23(2)20-26(29)30(35)24-15-13-12-14-16-24/h12-18,20-22,30,35-37H,10-11,19H2,1-9H3. The molecule has 0 bridgehead atoms. The van der Waals surface area contributed by atoms with E-state index >= 15 is 0 Å². The van der Waals surface area contributed by atoms with Gasteiger partial charge in [-0.05, 0) is 51.7 Å². The lowest BCUT2D eigenvalue weighted by atomic mass is 9.77. The third-order valence-corrected chi connectivity index (χ3v) is 9.23. The van der Waals surface area contributed by atoms with E-state index < -0.39 is 6.10 Å². The summed E-state index contributed by atoms with van der Waals surface area (Å²) in [6.45, 7) is 19.9. The van der Waals surface area contributed by atoms with Gasteiger partial charge in [-0.3, -0.25) is 0 Å². The van der Waals surface area contributed by atoms with Crippen molar-refractivity contribution < 1.29 is 10.2 Å². The predicted octanol–water partition coefficient (Wildman–Crippen LogP) is 8.79. The molecule has 0 aliphatic carbocycles. The molecule has 0 aromatic heterocycles. The Morgan fingerprint density at radius 2 is 1.43 bits per heavy atom. The Balaban J connectivity index is 2.22. The molecule has 0 amide bonds. The fourth-order valence-electron chi connectivity index (χ4n) is 4.99. The Morgan fingerprint density at radius 1 is 0.811 bits per heavy atom. The lowest BCUT2D eigenvalue weighted by Gasteiger charge is -2.36. The summed E-state index contributed by atoms with van der Waals surface area (Å²) in [5.41, 5.74) is 6.11. The minimum Gasteiger partial charge on any atom is -0.507 e. The van der Waals surface area contributed by atoms with Crippen molar-refractivity contribution in [2.24, 2.45) is 0 Å². The molecule has 2 nitrogen and oxygen atoms in total. The molecule has 0 aliphatic heterocycles. The van der Waals surface area contributed by atoms with Gasteiger partial charge in [-0.1, -0.05) is 143 Å². The zero-order valence-corrected chi connectivity index (χ0v) is 25.4. The van der Waals surface area contributed by atoms with Gasteiger partial charge in [0.25, 0.3) is 0 Å². The summed E-state index contributed by atoms with van der Waals surface area (Å²) in [5.74, 6) is 0.434. The van der Waals surface area contributed by atoms with Crippen molar-refractivity contribution in [3.63, 3.8) is 0 Å². The number of unbranched alkanes of at least 4 members (excludes halogenated alkanes) is 1. The number of aliphatic hydroxyl groups is 1. The zero-order chi connectivity index (χ0) is 27.6. The summed E-state index contributed by atoms with van der Waals surface area (Å²) in [7, 11) is 0.405. The van der Waals surface area contributed by atoms with Crippen molar-refractivity contribution in [2.45, 2.75) is 104 Å². The molecule has 3 heteroatoms. The average molecular weight is 519 g/mol. The molecule has 0 spiro atoms. The molecule has 0 heterocycles. The van der Waals surface area contributed by atoms with Gasteiger partial charge < -0.3 is 10.2 Å². The SMILES string of the molecule is CCCCC(C)(Pc1ccc(C)cc1C(O)c1ccccc1)c1cc(C(C)(C)C)cc(C(C)(C)C)c1O. The topological polar surface area (TPSA) is 40.5 Å². The smallest absolute Gasteiger partial charge is 0.123 e. The fraction of sp³-hybridized carbons (Fsp3) is 0.471. The highest BCUT2D eigenvalue weighted by Crippen LogP contribution is 2.52. The van der Waals surface area contributed by atoms with Crippen LogP contribution in [0, 0.1) is 6.92 Å². The third-order valence-electron chi connectivity index (χ3n) is 7.44. The summed E-state index contributed by atoms with van der Waals surface area (Å²) in [5, 5.41) is 24.1. The molecule has 2 N–H and O–H groups in total. The van der Waals surface area contributed by atoms with Crippen LogP contribution < -0.4 is 5.30 Å². The van der Waals surface area contributed by atoms with E-state index in [1.807, 2.05) is 30.3 Å². The quantitative estimate of drug-likeness (QED) is 0.293. The summed E-state index contributed by atoms with van der Waals surface area (Å²) >= 11 is 0. The van der Waals surface area contributed by atoms with Crippen molar-refractivity contribution in [3.8, 4) is 5.75 Å². The third kappa shape index (κ3) is 6.84.